The van der Waals surface area contributed by atoms with Gasteiger partial charge in [0, 0.05) is 30.6 Å². The van der Waals surface area contributed by atoms with Crippen LogP contribution in [0.1, 0.15) is 20.3 Å². The monoisotopic (exact) mass is 476 g/mol. The number of nitrogens with zero attached hydrogens (tertiary/aromatic N) is 3. The molecule has 0 spiro atoms. The van der Waals surface area contributed by atoms with Crippen molar-refractivity contribution in [2.45, 2.75) is 31.2 Å². The zero-order valence-corrected chi connectivity index (χ0v) is 19.2. The molecule has 0 saturated carbocycles. The Kier molecular flexibility index (Phi) is 6.46. The topological polar surface area (TPSA) is 65.5 Å². The fraction of sp³-hybridized carbons (Fsp3) is 0.450. The van der Waals surface area contributed by atoms with Crippen LogP contribution in [0, 0.1) is 23.0 Å². The maximum Gasteiger partial charge on any atom is 0.268 e. The van der Waals surface area contributed by atoms with Gasteiger partial charge in [0.25, 0.3) is 10.0 Å². The summed E-state index contributed by atoms with van der Waals surface area (Å²) in [7, 11) is -0.814. The van der Waals surface area contributed by atoms with E-state index in [0.717, 1.165) is 24.6 Å². The molecular formula is C20H24ClF3N4O2S. The Bertz CT molecular complexity index is 1100. The standard InChI is InChI=1S/C20H24ClF3N4O2S/c1-12(27(3)4)20(2)8-9-28(11-20)14-10-13(22)19(18(24)17(14)21)31(29,30)26-16-7-5-6-15(23)25-16/h5-7,10,12H,8-9,11H2,1-4H3,(H,25,26)/t12-,20+/m0/s1. The number of halogens is 4. The summed E-state index contributed by atoms with van der Waals surface area (Å²) >= 11 is 6.16. The van der Waals surface area contributed by atoms with E-state index in [1.54, 1.807) is 4.90 Å². The van der Waals surface area contributed by atoms with Gasteiger partial charge in [-0.25, -0.2) is 22.2 Å². The van der Waals surface area contributed by atoms with Gasteiger partial charge in [-0.05, 0) is 39.6 Å². The van der Waals surface area contributed by atoms with Crippen molar-refractivity contribution in [1.29, 1.82) is 0 Å². The number of nitrogens with one attached hydrogen (secondary N) is 1. The predicted octanol–water partition coefficient (Wildman–Crippen LogP) is 4.12. The normalized spacial score (nSPS) is 20.4. The van der Waals surface area contributed by atoms with Crippen LogP contribution in [0.2, 0.25) is 5.02 Å². The second-order valence-corrected chi connectivity index (χ2v) is 10.2. The lowest BCUT2D eigenvalue weighted by Gasteiger charge is -2.36. The Balaban J connectivity index is 1.95. The lowest BCUT2D eigenvalue weighted by Crippen LogP contribution is -2.42. The van der Waals surface area contributed by atoms with E-state index >= 15 is 4.39 Å². The van der Waals surface area contributed by atoms with Crippen molar-refractivity contribution in [2.75, 3.05) is 36.8 Å². The third-order valence-corrected chi connectivity index (χ3v) is 7.70. The third-order valence-electron chi connectivity index (χ3n) is 5.95. The molecule has 11 heteroatoms. The molecule has 170 valence electrons. The smallest absolute Gasteiger partial charge is 0.268 e. The van der Waals surface area contributed by atoms with Crippen LogP contribution in [-0.2, 0) is 10.0 Å². The summed E-state index contributed by atoms with van der Waals surface area (Å²) in [5, 5.41) is -0.490. The molecule has 0 unspecified atom stereocenters. The van der Waals surface area contributed by atoms with Crippen LogP contribution in [0.15, 0.2) is 29.2 Å². The third kappa shape index (κ3) is 4.61. The SMILES string of the molecule is C[C@H](N(C)C)[C@]1(C)CCN(c2cc(F)c(S(=O)(=O)Nc3cccc(F)n3)c(F)c2Cl)C1. The van der Waals surface area contributed by atoms with Gasteiger partial charge in [0.1, 0.15) is 16.7 Å². The molecule has 3 rings (SSSR count). The first-order chi connectivity index (χ1) is 14.4. The Morgan fingerprint density at radius 2 is 1.97 bits per heavy atom. The van der Waals surface area contributed by atoms with Crippen LogP contribution in [0.3, 0.4) is 0 Å². The van der Waals surface area contributed by atoms with Crippen LogP contribution >= 0.6 is 11.6 Å². The summed E-state index contributed by atoms with van der Waals surface area (Å²) in [5.41, 5.74) is -0.0519. The van der Waals surface area contributed by atoms with E-state index in [0.29, 0.717) is 13.1 Å². The fourth-order valence-electron chi connectivity index (χ4n) is 3.85. The summed E-state index contributed by atoms with van der Waals surface area (Å²) in [6.07, 6.45) is 0.777. The van der Waals surface area contributed by atoms with Crippen molar-refractivity contribution >= 4 is 33.1 Å². The molecule has 1 aromatic carbocycles. The summed E-state index contributed by atoms with van der Waals surface area (Å²) in [4.78, 5) is 5.94. The summed E-state index contributed by atoms with van der Waals surface area (Å²) in [5.74, 6) is -4.06. The van der Waals surface area contributed by atoms with Gasteiger partial charge in [0.2, 0.25) is 5.95 Å². The number of sulfonamides is 1. The van der Waals surface area contributed by atoms with E-state index in [2.05, 4.69) is 23.7 Å². The minimum Gasteiger partial charge on any atom is -0.370 e. The number of rotatable bonds is 6. The molecule has 0 bridgehead atoms. The van der Waals surface area contributed by atoms with Crippen LogP contribution < -0.4 is 9.62 Å². The lowest BCUT2D eigenvalue weighted by atomic mass is 9.82. The highest BCUT2D eigenvalue weighted by Gasteiger charge is 2.41. The Morgan fingerprint density at radius 3 is 2.58 bits per heavy atom. The molecule has 1 aliphatic heterocycles. The van der Waals surface area contributed by atoms with Crippen molar-refractivity contribution in [1.82, 2.24) is 9.88 Å². The average molecular weight is 477 g/mol. The van der Waals surface area contributed by atoms with Crippen molar-refractivity contribution < 1.29 is 21.6 Å². The molecule has 2 atom stereocenters. The molecule has 1 aliphatic rings. The van der Waals surface area contributed by atoms with Gasteiger partial charge in [-0.15, -0.1) is 0 Å². The Morgan fingerprint density at radius 1 is 1.29 bits per heavy atom. The maximum atomic E-state index is 15.0. The fourth-order valence-corrected chi connectivity index (χ4v) is 5.32. The van der Waals surface area contributed by atoms with Crippen LogP contribution in [0.25, 0.3) is 0 Å². The number of pyridine rings is 1. The van der Waals surface area contributed by atoms with Gasteiger partial charge in [-0.3, -0.25) is 4.72 Å². The van der Waals surface area contributed by atoms with Gasteiger partial charge in [-0.2, -0.15) is 4.39 Å². The molecule has 2 heterocycles. The largest absolute Gasteiger partial charge is 0.370 e. The van der Waals surface area contributed by atoms with Crippen molar-refractivity contribution in [2.24, 2.45) is 5.41 Å². The molecule has 0 radical (unpaired) electrons. The first-order valence-corrected chi connectivity index (χ1v) is 11.5. The van der Waals surface area contributed by atoms with Crippen molar-refractivity contribution in [3.05, 3.63) is 46.9 Å². The summed E-state index contributed by atoms with van der Waals surface area (Å²) in [6.45, 7) is 5.19. The van der Waals surface area contributed by atoms with Crippen molar-refractivity contribution in [3.8, 4) is 0 Å². The van der Waals surface area contributed by atoms with Gasteiger partial charge in [0.15, 0.2) is 10.7 Å². The van der Waals surface area contributed by atoms with Gasteiger partial charge >= 0.3 is 0 Å². The average Bonchev–Trinajstić information content (AvgIpc) is 3.06. The number of hydrogen-bond acceptors (Lipinski definition) is 5. The van der Waals surface area contributed by atoms with E-state index in [-0.39, 0.29) is 17.1 Å². The molecule has 6 nitrogen and oxygen atoms in total. The van der Waals surface area contributed by atoms with E-state index in [9.17, 15) is 17.2 Å². The molecule has 1 aromatic heterocycles. The zero-order valence-electron chi connectivity index (χ0n) is 17.6. The highest BCUT2D eigenvalue weighted by Crippen LogP contribution is 2.42. The quantitative estimate of drug-likeness (QED) is 0.502. The molecule has 1 N–H and O–H groups in total. The maximum absolute atomic E-state index is 15.0. The van der Waals surface area contributed by atoms with Crippen molar-refractivity contribution in [3.63, 3.8) is 0 Å². The molecule has 2 aromatic rings. The van der Waals surface area contributed by atoms with Gasteiger partial charge < -0.3 is 9.80 Å². The van der Waals surface area contributed by atoms with E-state index in [1.807, 2.05) is 18.8 Å². The van der Waals surface area contributed by atoms with Crippen LogP contribution in [-0.4, -0.2) is 51.5 Å². The second kappa shape index (κ2) is 8.48. The van der Waals surface area contributed by atoms with E-state index in [1.165, 1.54) is 6.07 Å². The Hall–Kier alpha value is -2.04. The number of anilines is 2. The first kappa shape index (κ1) is 23.6. The number of benzene rings is 1. The minimum atomic E-state index is -4.74. The highest BCUT2D eigenvalue weighted by molar-refractivity contribution is 7.92. The van der Waals surface area contributed by atoms with E-state index in [4.69, 9.17) is 11.6 Å². The second-order valence-electron chi connectivity index (χ2n) is 8.25. The predicted molar refractivity (Wildman–Crippen MR) is 114 cm³/mol. The first-order valence-electron chi connectivity index (χ1n) is 9.60. The molecule has 1 saturated heterocycles. The summed E-state index contributed by atoms with van der Waals surface area (Å²) < 4.78 is 70.1. The summed E-state index contributed by atoms with van der Waals surface area (Å²) in [6, 6.07) is 4.50. The number of aromatic nitrogens is 1. The molecule has 0 amide bonds. The van der Waals surface area contributed by atoms with Crippen LogP contribution in [0.5, 0.6) is 0 Å². The molecule has 0 aliphatic carbocycles. The van der Waals surface area contributed by atoms with E-state index < -0.39 is 43.3 Å². The minimum absolute atomic E-state index is 0.0918. The van der Waals surface area contributed by atoms with Gasteiger partial charge in [-0.1, -0.05) is 24.6 Å². The molecule has 1 fully saturated rings. The number of hydrogen-bond donors (Lipinski definition) is 1. The highest BCUT2D eigenvalue weighted by atomic mass is 35.5. The zero-order chi connectivity index (χ0) is 23.1. The molecular weight excluding hydrogens is 453 g/mol. The van der Waals surface area contributed by atoms with Crippen LogP contribution in [0.4, 0.5) is 24.7 Å². The lowest BCUT2D eigenvalue weighted by molar-refractivity contribution is 0.153. The molecule has 31 heavy (non-hydrogen) atoms. The van der Waals surface area contributed by atoms with Gasteiger partial charge in [0.05, 0.1) is 5.69 Å². The Labute approximate surface area is 185 Å².